The fourth-order valence-electron chi connectivity index (χ4n) is 3.04. The third-order valence-corrected chi connectivity index (χ3v) is 5.26. The molecule has 0 unspecified atom stereocenters. The SMILES string of the molecule is CSc1ccc(-c2noc(CN3CCN(c4ccccn4)CC3)n2)cc1. The van der Waals surface area contributed by atoms with Crippen molar-refractivity contribution >= 4 is 17.6 Å². The molecule has 3 heterocycles. The molecule has 0 radical (unpaired) electrons. The standard InChI is InChI=1S/C19H21N5OS/c1-26-16-7-5-15(6-8-16)19-21-18(25-22-19)14-23-10-12-24(13-11-23)17-4-2-3-9-20-17/h2-9H,10-14H2,1H3. The summed E-state index contributed by atoms with van der Waals surface area (Å²) < 4.78 is 5.46. The highest BCUT2D eigenvalue weighted by molar-refractivity contribution is 7.98. The zero-order valence-corrected chi connectivity index (χ0v) is 15.5. The first-order chi connectivity index (χ1) is 12.8. The van der Waals surface area contributed by atoms with Crippen LogP contribution in [-0.2, 0) is 6.54 Å². The van der Waals surface area contributed by atoms with Gasteiger partial charge < -0.3 is 9.42 Å². The summed E-state index contributed by atoms with van der Waals surface area (Å²) in [6.45, 7) is 4.50. The third kappa shape index (κ3) is 3.89. The zero-order chi connectivity index (χ0) is 17.8. The van der Waals surface area contributed by atoms with E-state index in [1.54, 1.807) is 11.8 Å². The first kappa shape index (κ1) is 17.1. The Morgan fingerprint density at radius 3 is 2.54 bits per heavy atom. The second-order valence-electron chi connectivity index (χ2n) is 6.19. The molecule has 1 fully saturated rings. The van der Waals surface area contributed by atoms with Gasteiger partial charge in [0.25, 0.3) is 0 Å². The number of thioether (sulfide) groups is 1. The average Bonchev–Trinajstić information content (AvgIpc) is 3.18. The van der Waals surface area contributed by atoms with Crippen LogP contribution in [0.4, 0.5) is 5.82 Å². The maximum atomic E-state index is 5.46. The molecule has 0 bridgehead atoms. The van der Waals surface area contributed by atoms with E-state index in [1.807, 2.05) is 30.5 Å². The van der Waals surface area contributed by atoms with Crippen LogP contribution >= 0.6 is 11.8 Å². The van der Waals surface area contributed by atoms with E-state index in [4.69, 9.17) is 4.52 Å². The van der Waals surface area contributed by atoms with Crippen molar-refractivity contribution in [2.75, 3.05) is 37.3 Å². The molecule has 1 aliphatic rings. The van der Waals surface area contributed by atoms with Crippen LogP contribution in [0.5, 0.6) is 0 Å². The Morgan fingerprint density at radius 1 is 1.04 bits per heavy atom. The molecule has 0 aliphatic carbocycles. The van der Waals surface area contributed by atoms with E-state index in [0.29, 0.717) is 18.3 Å². The Balaban J connectivity index is 1.35. The molecule has 6 nitrogen and oxygen atoms in total. The second kappa shape index (κ2) is 7.88. The molecular weight excluding hydrogens is 346 g/mol. The van der Waals surface area contributed by atoms with Gasteiger partial charge in [-0.2, -0.15) is 4.98 Å². The quantitative estimate of drug-likeness (QED) is 0.642. The summed E-state index contributed by atoms with van der Waals surface area (Å²) in [7, 11) is 0. The van der Waals surface area contributed by atoms with Crippen molar-refractivity contribution in [1.82, 2.24) is 20.0 Å². The minimum atomic E-state index is 0.653. The summed E-state index contributed by atoms with van der Waals surface area (Å²) in [5.41, 5.74) is 0.984. The van der Waals surface area contributed by atoms with Gasteiger partial charge in [0.15, 0.2) is 0 Å². The largest absolute Gasteiger partial charge is 0.354 e. The number of hydrogen-bond donors (Lipinski definition) is 0. The topological polar surface area (TPSA) is 58.3 Å². The molecule has 0 saturated carbocycles. The highest BCUT2D eigenvalue weighted by atomic mass is 32.2. The van der Waals surface area contributed by atoms with Crippen molar-refractivity contribution in [1.29, 1.82) is 0 Å². The molecule has 1 aromatic carbocycles. The smallest absolute Gasteiger partial charge is 0.241 e. The van der Waals surface area contributed by atoms with E-state index in [2.05, 4.69) is 49.4 Å². The lowest BCUT2D eigenvalue weighted by Crippen LogP contribution is -2.46. The molecule has 1 aliphatic heterocycles. The van der Waals surface area contributed by atoms with Crippen LogP contribution in [0.1, 0.15) is 5.89 Å². The van der Waals surface area contributed by atoms with Gasteiger partial charge in [0, 0.05) is 42.8 Å². The molecule has 1 saturated heterocycles. The maximum Gasteiger partial charge on any atom is 0.241 e. The van der Waals surface area contributed by atoms with E-state index in [9.17, 15) is 0 Å². The summed E-state index contributed by atoms with van der Waals surface area (Å²) in [4.78, 5) is 14.9. The van der Waals surface area contributed by atoms with Crippen molar-refractivity contribution in [3.05, 3.63) is 54.6 Å². The molecule has 2 aromatic heterocycles. The number of anilines is 1. The lowest BCUT2D eigenvalue weighted by atomic mass is 10.2. The Labute approximate surface area is 157 Å². The first-order valence-corrected chi connectivity index (χ1v) is 9.89. The van der Waals surface area contributed by atoms with Crippen LogP contribution in [0, 0.1) is 0 Å². The van der Waals surface area contributed by atoms with Crippen molar-refractivity contribution in [3.8, 4) is 11.4 Å². The van der Waals surface area contributed by atoms with Crippen molar-refractivity contribution in [2.24, 2.45) is 0 Å². The van der Waals surface area contributed by atoms with Crippen LogP contribution in [0.25, 0.3) is 11.4 Å². The summed E-state index contributed by atoms with van der Waals surface area (Å²) in [6.07, 6.45) is 3.91. The second-order valence-corrected chi connectivity index (χ2v) is 7.07. The number of benzene rings is 1. The van der Waals surface area contributed by atoms with Gasteiger partial charge in [-0.05, 0) is 42.7 Å². The number of rotatable bonds is 5. The molecule has 3 aromatic rings. The summed E-state index contributed by atoms with van der Waals surface area (Å²) >= 11 is 1.72. The van der Waals surface area contributed by atoms with E-state index in [0.717, 1.165) is 37.6 Å². The predicted molar refractivity (Wildman–Crippen MR) is 103 cm³/mol. The fourth-order valence-corrected chi connectivity index (χ4v) is 3.45. The van der Waals surface area contributed by atoms with Gasteiger partial charge in [-0.15, -0.1) is 11.8 Å². The van der Waals surface area contributed by atoms with Crippen molar-refractivity contribution in [2.45, 2.75) is 11.4 Å². The average molecular weight is 367 g/mol. The molecule has 4 rings (SSSR count). The lowest BCUT2D eigenvalue weighted by molar-refractivity contribution is 0.215. The van der Waals surface area contributed by atoms with Crippen LogP contribution in [-0.4, -0.2) is 52.5 Å². The zero-order valence-electron chi connectivity index (χ0n) is 14.7. The minimum absolute atomic E-state index is 0.653. The molecule has 0 atom stereocenters. The van der Waals surface area contributed by atoms with Gasteiger partial charge in [0.05, 0.1) is 6.54 Å². The third-order valence-electron chi connectivity index (χ3n) is 4.52. The number of hydrogen-bond acceptors (Lipinski definition) is 7. The van der Waals surface area contributed by atoms with E-state index >= 15 is 0 Å². The Kier molecular flexibility index (Phi) is 5.17. The highest BCUT2D eigenvalue weighted by Crippen LogP contribution is 2.21. The summed E-state index contributed by atoms with van der Waals surface area (Å²) in [6, 6.07) is 14.3. The Hall–Kier alpha value is -2.38. The van der Waals surface area contributed by atoms with E-state index < -0.39 is 0 Å². The number of pyridine rings is 1. The normalized spacial score (nSPS) is 15.3. The fraction of sp³-hybridized carbons (Fsp3) is 0.316. The minimum Gasteiger partial charge on any atom is -0.354 e. The van der Waals surface area contributed by atoms with Gasteiger partial charge in [-0.1, -0.05) is 11.2 Å². The van der Waals surface area contributed by atoms with Crippen molar-refractivity contribution in [3.63, 3.8) is 0 Å². The number of piperazine rings is 1. The summed E-state index contributed by atoms with van der Waals surface area (Å²) in [5.74, 6) is 2.36. The van der Waals surface area contributed by atoms with Gasteiger partial charge in [-0.3, -0.25) is 4.90 Å². The molecule has 7 heteroatoms. The van der Waals surface area contributed by atoms with E-state index in [1.165, 1.54) is 4.90 Å². The molecule has 0 amide bonds. The van der Waals surface area contributed by atoms with Crippen molar-refractivity contribution < 1.29 is 4.52 Å². The molecule has 0 spiro atoms. The van der Waals surface area contributed by atoms with Crippen LogP contribution in [0.3, 0.4) is 0 Å². The first-order valence-electron chi connectivity index (χ1n) is 8.67. The Morgan fingerprint density at radius 2 is 1.85 bits per heavy atom. The van der Waals surface area contributed by atoms with Crippen LogP contribution < -0.4 is 4.90 Å². The monoisotopic (exact) mass is 367 g/mol. The van der Waals surface area contributed by atoms with Gasteiger partial charge >= 0.3 is 0 Å². The number of nitrogens with zero attached hydrogens (tertiary/aromatic N) is 5. The van der Waals surface area contributed by atoms with Gasteiger partial charge in [0.2, 0.25) is 11.7 Å². The molecule has 134 valence electrons. The van der Waals surface area contributed by atoms with E-state index in [-0.39, 0.29) is 0 Å². The molecule has 26 heavy (non-hydrogen) atoms. The van der Waals surface area contributed by atoms with Crippen LogP contribution in [0.2, 0.25) is 0 Å². The lowest BCUT2D eigenvalue weighted by Gasteiger charge is -2.34. The highest BCUT2D eigenvalue weighted by Gasteiger charge is 2.20. The summed E-state index contributed by atoms with van der Waals surface area (Å²) in [5, 5.41) is 4.13. The molecule has 0 N–H and O–H groups in total. The maximum absolute atomic E-state index is 5.46. The van der Waals surface area contributed by atoms with Gasteiger partial charge in [0.1, 0.15) is 5.82 Å². The van der Waals surface area contributed by atoms with Crippen LogP contribution in [0.15, 0.2) is 58.1 Å². The van der Waals surface area contributed by atoms with Gasteiger partial charge in [-0.25, -0.2) is 4.98 Å². The predicted octanol–water partition coefficient (Wildman–Crippen LogP) is 3.18. The number of aromatic nitrogens is 3. The molecular formula is C19H21N5OS. The Bertz CT molecular complexity index is 829.